The molecule has 0 aliphatic carbocycles. The van der Waals surface area contributed by atoms with E-state index < -0.39 is 0 Å². The molecule has 142 valence electrons. The molecule has 3 aromatic rings. The quantitative estimate of drug-likeness (QED) is 0.442. The molecule has 0 saturated carbocycles. The Balaban J connectivity index is 1.41. The number of hydrogen-bond donors (Lipinski definition) is 2. The number of hydrogen-bond acceptors (Lipinski definition) is 3. The molecule has 0 amide bonds. The van der Waals surface area contributed by atoms with Gasteiger partial charge in [0.05, 0.1) is 29.1 Å². The van der Waals surface area contributed by atoms with Crippen LogP contribution in [0.25, 0.3) is 0 Å². The summed E-state index contributed by atoms with van der Waals surface area (Å²) < 4.78 is 3.68. The topological polar surface area (TPSA) is 59.7 Å². The van der Waals surface area contributed by atoms with Crippen LogP contribution in [0, 0.1) is 6.92 Å². The summed E-state index contributed by atoms with van der Waals surface area (Å²) in [7, 11) is 0. The minimum Gasteiger partial charge on any atom is -0.362 e. The van der Waals surface area contributed by atoms with Crippen LogP contribution in [0.5, 0.6) is 0 Å². The van der Waals surface area contributed by atoms with E-state index in [-0.39, 0.29) is 0 Å². The third kappa shape index (κ3) is 5.95. The zero-order valence-electron chi connectivity index (χ0n) is 14.8. The molecule has 0 aliphatic rings. The SMILES string of the molecule is Cc1nn(CCCNC(=S)Nc2cnn(Cc3cccc(Cl)c3)c2)cc1Cl. The molecule has 0 radical (unpaired) electrons. The van der Waals surface area contributed by atoms with Gasteiger partial charge in [-0.2, -0.15) is 10.2 Å². The van der Waals surface area contributed by atoms with E-state index in [4.69, 9.17) is 35.4 Å². The van der Waals surface area contributed by atoms with E-state index in [1.807, 2.05) is 52.9 Å². The maximum atomic E-state index is 6.01. The van der Waals surface area contributed by atoms with Gasteiger partial charge in [0.1, 0.15) is 0 Å². The van der Waals surface area contributed by atoms with Gasteiger partial charge in [0, 0.05) is 30.5 Å². The highest BCUT2D eigenvalue weighted by Crippen LogP contribution is 2.13. The summed E-state index contributed by atoms with van der Waals surface area (Å²) >= 11 is 17.3. The lowest BCUT2D eigenvalue weighted by molar-refractivity contribution is 0.570. The molecule has 9 heteroatoms. The van der Waals surface area contributed by atoms with Gasteiger partial charge in [-0.05, 0) is 43.3 Å². The number of anilines is 1. The average Bonchev–Trinajstić information content (AvgIpc) is 3.18. The molecule has 2 N–H and O–H groups in total. The lowest BCUT2D eigenvalue weighted by atomic mass is 10.2. The van der Waals surface area contributed by atoms with Gasteiger partial charge < -0.3 is 10.6 Å². The molecule has 0 saturated heterocycles. The van der Waals surface area contributed by atoms with E-state index in [2.05, 4.69) is 20.8 Å². The van der Waals surface area contributed by atoms with Crippen molar-refractivity contribution in [2.45, 2.75) is 26.4 Å². The Hall–Kier alpha value is -2.09. The van der Waals surface area contributed by atoms with Gasteiger partial charge in [-0.1, -0.05) is 35.3 Å². The summed E-state index contributed by atoms with van der Waals surface area (Å²) in [4.78, 5) is 0. The van der Waals surface area contributed by atoms with Crippen LogP contribution in [-0.2, 0) is 13.1 Å². The summed E-state index contributed by atoms with van der Waals surface area (Å²) in [5.74, 6) is 0. The largest absolute Gasteiger partial charge is 0.362 e. The van der Waals surface area contributed by atoms with Gasteiger partial charge in [0.25, 0.3) is 0 Å². The standard InChI is InChI=1S/C18H20Cl2N6S/c1-13-17(20)12-25(24-13)7-3-6-21-18(27)23-16-9-22-26(11-16)10-14-4-2-5-15(19)8-14/h2,4-5,8-9,11-12H,3,6-7,10H2,1H3,(H2,21,23,27). The van der Waals surface area contributed by atoms with E-state index in [1.54, 1.807) is 6.20 Å². The molecule has 27 heavy (non-hydrogen) atoms. The van der Waals surface area contributed by atoms with E-state index in [1.165, 1.54) is 0 Å². The molecule has 2 aromatic heterocycles. The molecular formula is C18H20Cl2N6S. The zero-order chi connectivity index (χ0) is 19.2. The van der Waals surface area contributed by atoms with Gasteiger partial charge in [0.2, 0.25) is 0 Å². The first-order chi connectivity index (χ1) is 13.0. The van der Waals surface area contributed by atoms with Crippen LogP contribution in [0.2, 0.25) is 10.0 Å². The number of aryl methyl sites for hydroxylation is 2. The summed E-state index contributed by atoms with van der Waals surface area (Å²) in [5.41, 5.74) is 2.77. The van der Waals surface area contributed by atoms with Crippen molar-refractivity contribution in [3.05, 3.63) is 64.2 Å². The maximum absolute atomic E-state index is 6.01. The minimum absolute atomic E-state index is 0.562. The van der Waals surface area contributed by atoms with Gasteiger partial charge in [-0.3, -0.25) is 9.36 Å². The number of rotatable bonds is 7. The Labute approximate surface area is 173 Å². The Morgan fingerprint density at radius 2 is 2.07 bits per heavy atom. The Bertz CT molecular complexity index is 901. The van der Waals surface area contributed by atoms with Gasteiger partial charge in [0.15, 0.2) is 5.11 Å². The number of nitrogens with one attached hydrogen (secondary N) is 2. The number of thiocarbonyl (C=S) groups is 1. The van der Waals surface area contributed by atoms with Crippen molar-refractivity contribution >= 4 is 46.2 Å². The van der Waals surface area contributed by atoms with Crippen LogP contribution in [0.4, 0.5) is 5.69 Å². The first-order valence-corrected chi connectivity index (χ1v) is 9.67. The van der Waals surface area contributed by atoms with Gasteiger partial charge in [-0.15, -0.1) is 0 Å². The van der Waals surface area contributed by atoms with Crippen LogP contribution >= 0.6 is 35.4 Å². The Morgan fingerprint density at radius 3 is 2.81 bits per heavy atom. The molecular weight excluding hydrogens is 403 g/mol. The number of aromatic nitrogens is 4. The molecule has 0 aliphatic heterocycles. The predicted octanol–water partition coefficient (Wildman–Crippen LogP) is 4.12. The molecule has 2 heterocycles. The van der Waals surface area contributed by atoms with Crippen molar-refractivity contribution in [3.8, 4) is 0 Å². The fourth-order valence-electron chi connectivity index (χ4n) is 2.56. The van der Waals surface area contributed by atoms with Gasteiger partial charge >= 0.3 is 0 Å². The van der Waals surface area contributed by atoms with Crippen molar-refractivity contribution < 1.29 is 0 Å². The smallest absolute Gasteiger partial charge is 0.170 e. The summed E-state index contributed by atoms with van der Waals surface area (Å²) in [6.45, 7) is 4.05. The highest BCUT2D eigenvalue weighted by Gasteiger charge is 2.04. The Kier molecular flexibility index (Phi) is 6.71. The zero-order valence-corrected chi connectivity index (χ0v) is 17.2. The van der Waals surface area contributed by atoms with Gasteiger partial charge in [-0.25, -0.2) is 0 Å². The molecule has 0 bridgehead atoms. The highest BCUT2D eigenvalue weighted by atomic mass is 35.5. The summed E-state index contributed by atoms with van der Waals surface area (Å²) in [5, 5.41) is 17.0. The first-order valence-electron chi connectivity index (χ1n) is 8.51. The second-order valence-electron chi connectivity index (χ2n) is 6.12. The molecule has 0 fully saturated rings. The van der Waals surface area contributed by atoms with Crippen molar-refractivity contribution in [3.63, 3.8) is 0 Å². The molecule has 1 aromatic carbocycles. The lowest BCUT2D eigenvalue weighted by Gasteiger charge is -2.09. The monoisotopic (exact) mass is 422 g/mol. The second kappa shape index (κ2) is 9.21. The molecule has 6 nitrogen and oxygen atoms in total. The third-order valence-corrected chi connectivity index (χ3v) is 4.71. The highest BCUT2D eigenvalue weighted by molar-refractivity contribution is 7.80. The predicted molar refractivity (Wildman–Crippen MR) is 114 cm³/mol. The van der Waals surface area contributed by atoms with Crippen molar-refractivity contribution in [1.82, 2.24) is 24.9 Å². The number of halogens is 2. The van der Waals surface area contributed by atoms with Crippen LogP contribution in [0.15, 0.2) is 42.9 Å². The van der Waals surface area contributed by atoms with E-state index >= 15 is 0 Å². The summed E-state index contributed by atoms with van der Waals surface area (Å²) in [6, 6.07) is 7.73. The Morgan fingerprint density at radius 1 is 1.22 bits per heavy atom. The first kappa shape index (κ1) is 19.7. The second-order valence-corrected chi connectivity index (χ2v) is 7.37. The van der Waals surface area contributed by atoms with E-state index in [0.29, 0.717) is 16.7 Å². The molecule has 3 rings (SSSR count). The third-order valence-electron chi connectivity index (χ3n) is 3.86. The van der Waals surface area contributed by atoms with Crippen LogP contribution in [0.1, 0.15) is 17.7 Å². The maximum Gasteiger partial charge on any atom is 0.170 e. The number of nitrogens with zero attached hydrogens (tertiary/aromatic N) is 4. The van der Waals surface area contributed by atoms with Crippen molar-refractivity contribution in [2.75, 3.05) is 11.9 Å². The van der Waals surface area contributed by atoms with Crippen LogP contribution in [0.3, 0.4) is 0 Å². The molecule has 0 atom stereocenters. The van der Waals surface area contributed by atoms with E-state index in [9.17, 15) is 0 Å². The van der Waals surface area contributed by atoms with Crippen LogP contribution < -0.4 is 10.6 Å². The number of benzene rings is 1. The van der Waals surface area contributed by atoms with Crippen molar-refractivity contribution in [1.29, 1.82) is 0 Å². The normalized spacial score (nSPS) is 10.8. The molecule has 0 spiro atoms. The average molecular weight is 423 g/mol. The fraction of sp³-hybridized carbons (Fsp3) is 0.278. The molecule has 0 unspecified atom stereocenters. The fourth-order valence-corrected chi connectivity index (χ4v) is 3.15. The van der Waals surface area contributed by atoms with Crippen molar-refractivity contribution in [2.24, 2.45) is 0 Å². The van der Waals surface area contributed by atoms with E-state index in [0.717, 1.165) is 41.5 Å². The lowest BCUT2D eigenvalue weighted by Crippen LogP contribution is -2.29. The van der Waals surface area contributed by atoms with Crippen LogP contribution in [-0.4, -0.2) is 31.2 Å². The summed E-state index contributed by atoms with van der Waals surface area (Å²) in [6.07, 6.45) is 6.37. The minimum atomic E-state index is 0.562.